The van der Waals surface area contributed by atoms with E-state index in [4.69, 9.17) is 10.6 Å². The molecule has 3 rings (SSSR count). The molecule has 94 valence electrons. The number of hydrazine groups is 1. The maximum Gasteiger partial charge on any atom is 0.0910 e. The lowest BCUT2D eigenvalue weighted by Crippen LogP contribution is -2.51. The Bertz CT molecular complexity index is 357. The third-order valence-corrected chi connectivity index (χ3v) is 4.57. The van der Waals surface area contributed by atoms with Gasteiger partial charge < -0.3 is 4.74 Å². The number of thiophene rings is 1. The molecule has 5 heteroatoms. The van der Waals surface area contributed by atoms with Gasteiger partial charge in [-0.15, -0.1) is 0 Å². The number of hydrogen-bond acceptors (Lipinski definition) is 5. The third kappa shape index (κ3) is 2.26. The molecule has 2 aliphatic rings. The summed E-state index contributed by atoms with van der Waals surface area (Å²) in [6.07, 6.45) is 2.76. The molecule has 0 saturated carbocycles. The van der Waals surface area contributed by atoms with Gasteiger partial charge in [0.1, 0.15) is 0 Å². The van der Waals surface area contributed by atoms with E-state index in [0.29, 0.717) is 6.04 Å². The van der Waals surface area contributed by atoms with Gasteiger partial charge in [0.2, 0.25) is 0 Å². The zero-order chi connectivity index (χ0) is 11.7. The highest BCUT2D eigenvalue weighted by molar-refractivity contribution is 7.07. The maximum atomic E-state index is 5.99. The Morgan fingerprint density at radius 1 is 1.59 bits per heavy atom. The van der Waals surface area contributed by atoms with E-state index in [-0.39, 0.29) is 12.1 Å². The topological polar surface area (TPSA) is 50.5 Å². The van der Waals surface area contributed by atoms with Crippen LogP contribution in [0.3, 0.4) is 0 Å². The molecule has 0 aliphatic carbocycles. The lowest BCUT2D eigenvalue weighted by Gasteiger charge is -2.38. The van der Waals surface area contributed by atoms with E-state index in [0.717, 1.165) is 13.2 Å². The van der Waals surface area contributed by atoms with Crippen LogP contribution in [-0.2, 0) is 4.74 Å². The molecule has 2 aliphatic heterocycles. The Kier molecular flexibility index (Phi) is 3.44. The molecule has 1 aromatic rings. The molecule has 1 aromatic heterocycles. The summed E-state index contributed by atoms with van der Waals surface area (Å²) in [6, 6.07) is 2.88. The molecule has 3 heterocycles. The fourth-order valence-electron chi connectivity index (χ4n) is 2.91. The summed E-state index contributed by atoms with van der Waals surface area (Å²) in [5.41, 5.74) is 4.15. The monoisotopic (exact) mass is 253 g/mol. The summed E-state index contributed by atoms with van der Waals surface area (Å²) in [5, 5.41) is 4.23. The van der Waals surface area contributed by atoms with Gasteiger partial charge in [-0.25, -0.2) is 0 Å². The van der Waals surface area contributed by atoms with Crippen molar-refractivity contribution in [3.63, 3.8) is 0 Å². The first-order valence-electron chi connectivity index (χ1n) is 6.22. The fourth-order valence-corrected chi connectivity index (χ4v) is 3.61. The van der Waals surface area contributed by atoms with Gasteiger partial charge in [-0.05, 0) is 41.8 Å². The van der Waals surface area contributed by atoms with Gasteiger partial charge in [0, 0.05) is 12.6 Å². The highest BCUT2D eigenvalue weighted by Gasteiger charge is 2.36. The zero-order valence-corrected chi connectivity index (χ0v) is 10.7. The Balaban J connectivity index is 1.71. The zero-order valence-electron chi connectivity index (χ0n) is 9.84. The minimum Gasteiger partial charge on any atom is -0.373 e. The first kappa shape index (κ1) is 11.6. The second-order valence-corrected chi connectivity index (χ2v) is 5.64. The van der Waals surface area contributed by atoms with Crippen LogP contribution in [0.4, 0.5) is 0 Å². The molecule has 3 unspecified atom stereocenters. The number of rotatable bonds is 3. The predicted octanol–water partition coefficient (Wildman–Crippen LogP) is 1.12. The first-order valence-corrected chi connectivity index (χ1v) is 7.16. The Hall–Kier alpha value is -0.460. The van der Waals surface area contributed by atoms with Crippen molar-refractivity contribution in [2.24, 2.45) is 5.84 Å². The molecule has 17 heavy (non-hydrogen) atoms. The fraction of sp³-hybridized carbons (Fsp3) is 0.667. The Labute approximate surface area is 106 Å². The van der Waals surface area contributed by atoms with Crippen LogP contribution in [0.5, 0.6) is 0 Å². The van der Waals surface area contributed by atoms with Crippen molar-refractivity contribution in [2.45, 2.75) is 31.0 Å². The smallest absolute Gasteiger partial charge is 0.0910 e. The summed E-state index contributed by atoms with van der Waals surface area (Å²) < 4.78 is 5.99. The van der Waals surface area contributed by atoms with Crippen LogP contribution < -0.4 is 11.3 Å². The number of morpholine rings is 1. The molecular weight excluding hydrogens is 234 g/mol. The van der Waals surface area contributed by atoms with E-state index in [1.807, 2.05) is 0 Å². The number of nitrogens with one attached hydrogen (secondary N) is 1. The largest absolute Gasteiger partial charge is 0.373 e. The standard InChI is InChI=1S/C12H19N3OS/c13-14-12(9-3-5-17-8-9)11-6-15-4-1-2-10(15)7-16-11/h3,5,8,10-12,14H,1-2,4,6-7,13H2. The van der Waals surface area contributed by atoms with Gasteiger partial charge in [0.15, 0.2) is 0 Å². The van der Waals surface area contributed by atoms with Crippen LogP contribution >= 0.6 is 11.3 Å². The lowest BCUT2D eigenvalue weighted by atomic mass is 10.0. The molecule has 0 aromatic carbocycles. The second kappa shape index (κ2) is 5.04. The maximum absolute atomic E-state index is 5.99. The average Bonchev–Trinajstić information content (AvgIpc) is 2.99. The van der Waals surface area contributed by atoms with Crippen LogP contribution in [0.25, 0.3) is 0 Å². The number of hydrogen-bond donors (Lipinski definition) is 2. The third-order valence-electron chi connectivity index (χ3n) is 3.87. The van der Waals surface area contributed by atoms with Crippen molar-refractivity contribution in [1.82, 2.24) is 10.3 Å². The van der Waals surface area contributed by atoms with E-state index in [9.17, 15) is 0 Å². The van der Waals surface area contributed by atoms with E-state index in [1.165, 1.54) is 24.9 Å². The summed E-state index contributed by atoms with van der Waals surface area (Å²) in [4.78, 5) is 2.55. The molecule has 3 N–H and O–H groups in total. The Morgan fingerprint density at radius 3 is 3.29 bits per heavy atom. The minimum absolute atomic E-state index is 0.114. The van der Waals surface area contributed by atoms with E-state index in [1.54, 1.807) is 11.3 Å². The van der Waals surface area contributed by atoms with Gasteiger partial charge in [-0.2, -0.15) is 11.3 Å². The average molecular weight is 253 g/mol. The Morgan fingerprint density at radius 2 is 2.53 bits per heavy atom. The predicted molar refractivity (Wildman–Crippen MR) is 68.7 cm³/mol. The number of fused-ring (bicyclic) bond motifs is 1. The van der Waals surface area contributed by atoms with Crippen molar-refractivity contribution in [1.29, 1.82) is 0 Å². The van der Waals surface area contributed by atoms with Crippen molar-refractivity contribution in [3.8, 4) is 0 Å². The molecule has 0 amide bonds. The van der Waals surface area contributed by atoms with Gasteiger partial charge >= 0.3 is 0 Å². The molecular formula is C12H19N3OS. The van der Waals surface area contributed by atoms with E-state index >= 15 is 0 Å². The molecule has 0 radical (unpaired) electrons. The van der Waals surface area contributed by atoms with Crippen molar-refractivity contribution >= 4 is 11.3 Å². The van der Waals surface area contributed by atoms with Crippen LogP contribution in [0.2, 0.25) is 0 Å². The van der Waals surface area contributed by atoms with Gasteiger partial charge in [0.25, 0.3) is 0 Å². The van der Waals surface area contributed by atoms with Crippen LogP contribution in [0.1, 0.15) is 24.4 Å². The minimum atomic E-state index is 0.114. The summed E-state index contributed by atoms with van der Waals surface area (Å²) in [6.45, 7) is 3.06. The summed E-state index contributed by atoms with van der Waals surface area (Å²) in [7, 11) is 0. The van der Waals surface area contributed by atoms with Crippen LogP contribution in [-0.4, -0.2) is 36.7 Å². The molecule has 2 fully saturated rings. The molecule has 0 bridgehead atoms. The lowest BCUT2D eigenvalue weighted by molar-refractivity contribution is -0.0652. The van der Waals surface area contributed by atoms with Crippen molar-refractivity contribution in [3.05, 3.63) is 22.4 Å². The number of ether oxygens (including phenoxy) is 1. The van der Waals surface area contributed by atoms with Crippen LogP contribution in [0, 0.1) is 0 Å². The molecule has 0 spiro atoms. The van der Waals surface area contributed by atoms with Gasteiger partial charge in [0.05, 0.1) is 18.8 Å². The van der Waals surface area contributed by atoms with Crippen molar-refractivity contribution < 1.29 is 4.74 Å². The highest BCUT2D eigenvalue weighted by atomic mass is 32.1. The van der Waals surface area contributed by atoms with E-state index < -0.39 is 0 Å². The normalized spacial score (nSPS) is 31.4. The highest BCUT2D eigenvalue weighted by Crippen LogP contribution is 2.29. The number of nitrogens with two attached hydrogens (primary N) is 1. The van der Waals surface area contributed by atoms with Gasteiger partial charge in [-0.1, -0.05) is 0 Å². The van der Waals surface area contributed by atoms with Crippen LogP contribution in [0.15, 0.2) is 16.8 Å². The molecule has 2 saturated heterocycles. The number of nitrogens with zero attached hydrogens (tertiary/aromatic N) is 1. The molecule has 4 nitrogen and oxygen atoms in total. The quantitative estimate of drug-likeness (QED) is 0.626. The second-order valence-electron chi connectivity index (χ2n) is 4.86. The SMILES string of the molecule is NNC(c1ccsc1)C1CN2CCCC2CO1. The van der Waals surface area contributed by atoms with Gasteiger partial charge in [-0.3, -0.25) is 16.2 Å². The van der Waals surface area contributed by atoms with E-state index in [2.05, 4.69) is 27.2 Å². The summed E-state index contributed by atoms with van der Waals surface area (Å²) >= 11 is 1.70. The van der Waals surface area contributed by atoms with Crippen molar-refractivity contribution in [2.75, 3.05) is 19.7 Å². The first-order chi connectivity index (χ1) is 8.38. The molecule has 3 atom stereocenters. The summed E-state index contributed by atoms with van der Waals surface area (Å²) in [5.74, 6) is 5.69.